The third-order valence-electron chi connectivity index (χ3n) is 12.5. The van der Waals surface area contributed by atoms with E-state index in [9.17, 15) is 5.26 Å². The van der Waals surface area contributed by atoms with Crippen molar-refractivity contribution >= 4 is 11.3 Å². The van der Waals surface area contributed by atoms with E-state index < -0.39 is 5.41 Å². The molecule has 10 aromatic rings. The fraction of sp³-hybridized carbons (Fsp3) is 0.0179. The van der Waals surface area contributed by atoms with E-state index in [0.717, 1.165) is 101 Å². The highest BCUT2D eigenvalue weighted by Crippen LogP contribution is 2.63. The van der Waals surface area contributed by atoms with E-state index in [1.54, 1.807) is 0 Å². The van der Waals surface area contributed by atoms with Crippen molar-refractivity contribution in [3.63, 3.8) is 0 Å². The number of nitriles is 1. The van der Waals surface area contributed by atoms with E-state index >= 15 is 0 Å². The molecule has 2 aliphatic rings. The lowest BCUT2D eigenvalue weighted by Gasteiger charge is -2.31. The predicted octanol–water partition coefficient (Wildman–Crippen LogP) is 13.2. The Morgan fingerprint density at radius 2 is 1.11 bits per heavy atom. The second kappa shape index (κ2) is 13.7. The maximum absolute atomic E-state index is 10.2. The highest BCUT2D eigenvalue weighted by atomic mass is 15.0. The summed E-state index contributed by atoms with van der Waals surface area (Å²) < 4.78 is 2.14. The highest BCUT2D eigenvalue weighted by Gasteiger charge is 2.52. The van der Waals surface area contributed by atoms with Gasteiger partial charge in [0, 0.05) is 34.0 Å². The van der Waals surface area contributed by atoms with Crippen LogP contribution < -0.4 is 0 Å². The van der Waals surface area contributed by atoms with Crippen LogP contribution in [0.15, 0.2) is 194 Å². The van der Waals surface area contributed by atoms with Crippen LogP contribution in [0.5, 0.6) is 0 Å². The number of rotatable bonds is 5. The normalized spacial score (nSPS) is 14.2. The van der Waals surface area contributed by atoms with Gasteiger partial charge in [-0.05, 0) is 87.0 Å². The molecule has 0 radical (unpaired) electrons. The van der Waals surface area contributed by atoms with Crippen LogP contribution in [0.2, 0.25) is 0 Å². The molecule has 1 unspecified atom stereocenters. The van der Waals surface area contributed by atoms with Crippen molar-refractivity contribution in [3.05, 3.63) is 233 Å². The van der Waals surface area contributed by atoms with Crippen molar-refractivity contribution in [1.29, 1.82) is 5.26 Å². The molecule has 2 aliphatic carbocycles. The van der Waals surface area contributed by atoms with Crippen molar-refractivity contribution in [1.82, 2.24) is 19.4 Å². The summed E-state index contributed by atoms with van der Waals surface area (Å²) in [4.78, 5) is 19.6. The van der Waals surface area contributed by atoms with Gasteiger partial charge in [-0.15, -0.1) is 0 Å². The van der Waals surface area contributed by atoms with Gasteiger partial charge in [0.15, 0.2) is 11.5 Å². The van der Waals surface area contributed by atoms with Crippen molar-refractivity contribution in [2.45, 2.75) is 5.41 Å². The molecule has 286 valence electrons. The van der Waals surface area contributed by atoms with Gasteiger partial charge in [0.25, 0.3) is 0 Å². The van der Waals surface area contributed by atoms with E-state index in [1.807, 2.05) is 66.7 Å². The second-order valence-corrected chi connectivity index (χ2v) is 15.8. The van der Waals surface area contributed by atoms with Crippen LogP contribution in [0.1, 0.15) is 27.8 Å². The first-order chi connectivity index (χ1) is 30.6. The molecule has 0 bridgehead atoms. The fourth-order valence-corrected chi connectivity index (χ4v) is 9.83. The summed E-state index contributed by atoms with van der Waals surface area (Å²) in [6.07, 6.45) is 2.06. The molecular weight excluding hydrogens is 757 g/mol. The lowest BCUT2D eigenvalue weighted by Crippen LogP contribution is -2.26. The summed E-state index contributed by atoms with van der Waals surface area (Å²) >= 11 is 0. The van der Waals surface area contributed by atoms with Crippen LogP contribution in [-0.4, -0.2) is 19.4 Å². The second-order valence-electron chi connectivity index (χ2n) is 15.8. The number of fused-ring (bicyclic) bond motifs is 11. The Bertz CT molecular complexity index is 3490. The molecule has 3 heterocycles. The molecule has 3 aromatic heterocycles. The number of hydrogen-bond donors (Lipinski definition) is 0. The smallest absolute Gasteiger partial charge is 0.187 e. The Morgan fingerprint density at radius 1 is 0.484 bits per heavy atom. The van der Waals surface area contributed by atoms with Crippen molar-refractivity contribution in [3.8, 4) is 84.7 Å². The Morgan fingerprint density at radius 3 is 1.90 bits per heavy atom. The maximum atomic E-state index is 10.2. The van der Waals surface area contributed by atoms with Crippen LogP contribution in [0.25, 0.3) is 89.2 Å². The summed E-state index contributed by atoms with van der Waals surface area (Å²) in [5.74, 6) is 0.601. The third kappa shape index (κ3) is 5.18. The van der Waals surface area contributed by atoms with Gasteiger partial charge in [-0.1, -0.05) is 146 Å². The van der Waals surface area contributed by atoms with Gasteiger partial charge in [-0.25, -0.2) is 19.8 Å². The molecule has 1 atom stereocenters. The standard InChI is InChI=1S/C56H32N6/c1-58-41-24-27-45-43-25-22-35(34-57)29-47(43)56(49(45)32-41)46-20-9-8-19-42(46)44-26-23-38(31-48(44)56)51-33-50(36-13-4-2-5-14-36)59-55(60-51)40-18-12-17-39(30-40)53-54(37-15-6-3-7-16-37)62-28-11-10-21-52(62)61-53/h2-33H. The van der Waals surface area contributed by atoms with Crippen molar-refractivity contribution in [2.24, 2.45) is 0 Å². The van der Waals surface area contributed by atoms with E-state index in [0.29, 0.717) is 17.1 Å². The topological polar surface area (TPSA) is 71.2 Å². The van der Waals surface area contributed by atoms with Gasteiger partial charge < -0.3 is 0 Å². The van der Waals surface area contributed by atoms with Crippen LogP contribution >= 0.6 is 0 Å². The summed E-state index contributed by atoms with van der Waals surface area (Å²) in [7, 11) is 0. The average molecular weight is 789 g/mol. The molecule has 0 fully saturated rings. The molecule has 0 saturated heterocycles. The number of aromatic nitrogens is 4. The zero-order valence-electron chi connectivity index (χ0n) is 33.2. The molecule has 0 amide bonds. The van der Waals surface area contributed by atoms with Crippen LogP contribution in [0.3, 0.4) is 0 Å². The number of imidazole rings is 1. The molecule has 7 aromatic carbocycles. The van der Waals surface area contributed by atoms with Crippen LogP contribution in [0.4, 0.5) is 5.69 Å². The minimum atomic E-state index is -0.753. The average Bonchev–Trinajstić information content (AvgIpc) is 3.98. The first-order valence-electron chi connectivity index (χ1n) is 20.5. The van der Waals surface area contributed by atoms with Gasteiger partial charge >= 0.3 is 0 Å². The Labute approximate surface area is 358 Å². The van der Waals surface area contributed by atoms with E-state index in [4.69, 9.17) is 21.5 Å². The zero-order valence-corrected chi connectivity index (χ0v) is 33.2. The Kier molecular flexibility index (Phi) is 7.78. The third-order valence-corrected chi connectivity index (χ3v) is 12.5. The molecule has 0 saturated carbocycles. The van der Waals surface area contributed by atoms with E-state index in [-0.39, 0.29) is 0 Å². The largest absolute Gasteiger partial charge is 0.299 e. The Hall–Kier alpha value is -8.71. The molecule has 6 nitrogen and oxygen atoms in total. The van der Waals surface area contributed by atoms with Gasteiger partial charge in [-0.2, -0.15) is 5.26 Å². The first-order valence-corrected chi connectivity index (χ1v) is 20.5. The van der Waals surface area contributed by atoms with Gasteiger partial charge in [0.1, 0.15) is 5.65 Å². The summed E-state index contributed by atoms with van der Waals surface area (Å²) in [6, 6.07) is 66.8. The molecule has 6 heteroatoms. The number of nitrogens with zero attached hydrogens (tertiary/aromatic N) is 6. The van der Waals surface area contributed by atoms with Crippen LogP contribution in [0, 0.1) is 17.9 Å². The van der Waals surface area contributed by atoms with Crippen molar-refractivity contribution in [2.75, 3.05) is 0 Å². The number of hydrogen-bond acceptors (Lipinski definition) is 4. The first kappa shape index (κ1) is 35.3. The van der Waals surface area contributed by atoms with Gasteiger partial charge in [0.05, 0.1) is 46.4 Å². The fourth-order valence-electron chi connectivity index (χ4n) is 9.83. The lowest BCUT2D eigenvalue weighted by atomic mass is 9.70. The quantitative estimate of drug-likeness (QED) is 0.163. The molecule has 0 aliphatic heterocycles. The van der Waals surface area contributed by atoms with E-state index in [1.165, 1.54) is 0 Å². The molecular formula is C56H32N6. The highest BCUT2D eigenvalue weighted by molar-refractivity contribution is 5.97. The summed E-state index contributed by atoms with van der Waals surface area (Å²) in [6.45, 7) is 8.01. The summed E-state index contributed by atoms with van der Waals surface area (Å²) in [5.41, 5.74) is 18.3. The van der Waals surface area contributed by atoms with Gasteiger partial charge in [0.2, 0.25) is 0 Å². The monoisotopic (exact) mass is 788 g/mol. The molecule has 62 heavy (non-hydrogen) atoms. The minimum Gasteiger partial charge on any atom is -0.299 e. The Balaban J connectivity index is 1.07. The number of benzene rings is 7. The zero-order chi connectivity index (χ0) is 41.4. The molecule has 12 rings (SSSR count). The SMILES string of the molecule is [C-]#[N+]c1ccc2c(c1)C1(c3ccccc3-c3ccc(-c4cc(-c5ccccc5)nc(-c5cccc(-c6nc7ccccn7c6-c6ccccc6)c5)n4)cc31)c1cc(C#N)ccc1-2. The van der Waals surface area contributed by atoms with Gasteiger partial charge in [-0.3, -0.25) is 4.40 Å². The maximum Gasteiger partial charge on any atom is 0.187 e. The molecule has 1 spiro atoms. The summed E-state index contributed by atoms with van der Waals surface area (Å²) in [5, 5.41) is 10.2. The van der Waals surface area contributed by atoms with Crippen LogP contribution in [-0.2, 0) is 5.41 Å². The predicted molar refractivity (Wildman–Crippen MR) is 245 cm³/mol. The number of pyridine rings is 1. The molecule has 0 N–H and O–H groups in total. The minimum absolute atomic E-state index is 0.577. The van der Waals surface area contributed by atoms with E-state index in [2.05, 4.69) is 143 Å². The van der Waals surface area contributed by atoms with Crippen molar-refractivity contribution < 1.29 is 0 Å². The lowest BCUT2D eigenvalue weighted by molar-refractivity contribution is 0.794.